The Balaban J connectivity index is 1.72. The zero-order chi connectivity index (χ0) is 20.4. The maximum absolute atomic E-state index is 13.1. The quantitative estimate of drug-likeness (QED) is 0.456. The minimum Gasteiger partial charge on any atom is -0.495 e. The molecule has 1 N–H and O–H groups in total. The van der Waals surface area contributed by atoms with Crippen molar-refractivity contribution < 1.29 is 13.7 Å². The third-order valence-corrected chi connectivity index (χ3v) is 8.18. The van der Waals surface area contributed by atoms with Gasteiger partial charge in [-0.15, -0.1) is 5.10 Å². The molecule has 0 bridgehead atoms. The van der Waals surface area contributed by atoms with Crippen molar-refractivity contribution in [2.45, 2.75) is 13.8 Å². The molecule has 0 spiro atoms. The molecule has 8 nitrogen and oxygen atoms in total. The van der Waals surface area contributed by atoms with Crippen LogP contribution in [0.25, 0.3) is 17.2 Å². The van der Waals surface area contributed by atoms with Gasteiger partial charge in [0.2, 0.25) is 11.8 Å². The molecule has 0 saturated carbocycles. The molecule has 4 rings (SSSR count). The van der Waals surface area contributed by atoms with E-state index in [0.29, 0.717) is 46.9 Å². The zero-order valence-corrected chi connectivity index (χ0v) is 17.4. The molecule has 9 heteroatoms. The maximum Gasteiger partial charge on any atom is 0.230 e. The molecule has 0 aliphatic heterocycles. The van der Waals surface area contributed by atoms with E-state index in [-0.39, 0.29) is 0 Å². The first-order valence-electron chi connectivity index (χ1n) is 9.37. The Hall–Kier alpha value is -3.12. The molecule has 150 valence electrons. The molecule has 29 heavy (non-hydrogen) atoms. The van der Waals surface area contributed by atoms with Crippen LogP contribution < -0.4 is 15.4 Å². The van der Waals surface area contributed by atoms with E-state index < -0.39 is 7.14 Å². The molecule has 0 saturated heterocycles. The van der Waals surface area contributed by atoms with Crippen molar-refractivity contribution in [3.63, 3.8) is 0 Å². The number of anilines is 2. The van der Waals surface area contributed by atoms with Gasteiger partial charge in [0.05, 0.1) is 19.1 Å². The molecule has 0 unspecified atom stereocenters. The molecule has 0 aliphatic carbocycles. The highest BCUT2D eigenvalue weighted by Crippen LogP contribution is 2.44. The molecule has 0 atom stereocenters. The molecule has 3 aromatic heterocycles. The molecule has 3 heterocycles. The van der Waals surface area contributed by atoms with Crippen molar-refractivity contribution in [3.8, 4) is 17.3 Å². The molecule has 1 aromatic carbocycles. The lowest BCUT2D eigenvalue weighted by Crippen LogP contribution is -2.11. The highest BCUT2D eigenvalue weighted by Gasteiger charge is 2.22. The van der Waals surface area contributed by atoms with E-state index >= 15 is 0 Å². The average Bonchev–Trinajstić information content (AvgIpc) is 3.43. The number of hydrogen-bond acceptors (Lipinski definition) is 7. The first-order valence-corrected chi connectivity index (χ1v) is 11.4. The predicted octanol–water partition coefficient (Wildman–Crippen LogP) is 4.16. The summed E-state index contributed by atoms with van der Waals surface area (Å²) in [5.41, 5.74) is 1.33. The molecule has 4 aromatic rings. The Morgan fingerprint density at radius 3 is 2.72 bits per heavy atom. The van der Waals surface area contributed by atoms with Crippen molar-refractivity contribution in [1.82, 2.24) is 19.6 Å². The number of furan rings is 1. The van der Waals surface area contributed by atoms with Crippen molar-refractivity contribution in [3.05, 3.63) is 48.9 Å². The van der Waals surface area contributed by atoms with Crippen LogP contribution in [0, 0.1) is 0 Å². The van der Waals surface area contributed by atoms with Gasteiger partial charge in [-0.1, -0.05) is 13.8 Å². The number of aromatic nitrogens is 4. The van der Waals surface area contributed by atoms with Crippen LogP contribution in [0.4, 0.5) is 11.6 Å². The van der Waals surface area contributed by atoms with E-state index in [1.165, 1.54) is 0 Å². The Kier molecular flexibility index (Phi) is 5.11. The summed E-state index contributed by atoms with van der Waals surface area (Å²) in [5, 5.41) is 8.55. The molecular formula is C20H22N5O3P. The number of nitrogens with one attached hydrogen (secondary N) is 1. The molecule has 0 amide bonds. The number of ether oxygens (including phenoxy) is 1. The lowest BCUT2D eigenvalue weighted by Gasteiger charge is -2.17. The van der Waals surface area contributed by atoms with Gasteiger partial charge >= 0.3 is 0 Å². The summed E-state index contributed by atoms with van der Waals surface area (Å²) < 4.78 is 25.6. The van der Waals surface area contributed by atoms with Crippen molar-refractivity contribution in [1.29, 1.82) is 0 Å². The van der Waals surface area contributed by atoms with E-state index in [1.807, 2.05) is 32.0 Å². The second-order valence-corrected chi connectivity index (χ2v) is 10.0. The number of hydrogen-bond donors (Lipinski definition) is 1. The summed E-state index contributed by atoms with van der Waals surface area (Å²) in [4.78, 5) is 8.86. The van der Waals surface area contributed by atoms with Gasteiger partial charge in [0.25, 0.3) is 0 Å². The SMILES string of the molecule is CCP(=O)(CC)c1ccc(Nc2nccc3nc(-c4ccco4)nn23)c(OC)c1. The van der Waals surface area contributed by atoms with Crippen LogP contribution in [-0.2, 0) is 4.57 Å². The van der Waals surface area contributed by atoms with E-state index in [0.717, 1.165) is 5.30 Å². The number of benzene rings is 1. The lowest BCUT2D eigenvalue weighted by atomic mass is 10.3. The fraction of sp³-hybridized carbons (Fsp3) is 0.250. The molecule has 0 fully saturated rings. The summed E-state index contributed by atoms with van der Waals surface area (Å²) >= 11 is 0. The van der Waals surface area contributed by atoms with E-state index in [2.05, 4.69) is 20.4 Å². The van der Waals surface area contributed by atoms with Crippen LogP contribution >= 0.6 is 7.14 Å². The minimum absolute atomic E-state index is 0.472. The van der Waals surface area contributed by atoms with Crippen LogP contribution in [-0.4, -0.2) is 39.0 Å². The topological polar surface area (TPSA) is 94.6 Å². The lowest BCUT2D eigenvalue weighted by molar-refractivity contribution is 0.417. The Morgan fingerprint density at radius 1 is 1.21 bits per heavy atom. The predicted molar refractivity (Wildman–Crippen MR) is 113 cm³/mol. The van der Waals surface area contributed by atoms with Gasteiger partial charge in [-0.3, -0.25) is 0 Å². The van der Waals surface area contributed by atoms with E-state index in [1.54, 1.807) is 42.3 Å². The van der Waals surface area contributed by atoms with Crippen molar-refractivity contribution in [2.75, 3.05) is 24.8 Å². The molecule has 0 radical (unpaired) electrons. The van der Waals surface area contributed by atoms with Gasteiger partial charge in [0, 0.05) is 29.9 Å². The van der Waals surface area contributed by atoms with Gasteiger partial charge in [-0.25, -0.2) is 9.97 Å². The number of rotatable bonds is 7. The highest BCUT2D eigenvalue weighted by molar-refractivity contribution is 7.71. The summed E-state index contributed by atoms with van der Waals surface area (Å²) in [6.07, 6.45) is 4.47. The summed E-state index contributed by atoms with van der Waals surface area (Å²) in [6, 6.07) is 10.9. The number of nitrogens with zero attached hydrogens (tertiary/aromatic N) is 4. The van der Waals surface area contributed by atoms with Gasteiger partial charge in [-0.05, 0) is 30.3 Å². The second kappa shape index (κ2) is 7.72. The summed E-state index contributed by atoms with van der Waals surface area (Å²) in [6.45, 7) is 3.91. The summed E-state index contributed by atoms with van der Waals surface area (Å²) in [7, 11) is -0.812. The van der Waals surface area contributed by atoms with Gasteiger partial charge < -0.3 is 19.0 Å². The monoisotopic (exact) mass is 411 g/mol. The molecule has 0 aliphatic rings. The van der Waals surface area contributed by atoms with Crippen LogP contribution in [0.3, 0.4) is 0 Å². The number of methoxy groups -OCH3 is 1. The first-order chi connectivity index (χ1) is 14.1. The zero-order valence-electron chi connectivity index (χ0n) is 16.5. The first kappa shape index (κ1) is 19.2. The standard InChI is InChI=1S/C20H22N5O3P/c1-4-29(26,5-2)14-8-9-15(17(13-14)27-3)22-20-21-11-10-18-23-19(24-25(18)20)16-7-6-12-28-16/h6-13H,4-5H2,1-3H3,(H,21,22). The van der Waals surface area contributed by atoms with Gasteiger partial charge in [0.15, 0.2) is 11.4 Å². The highest BCUT2D eigenvalue weighted by atomic mass is 31.2. The Labute approximate surface area is 168 Å². The smallest absolute Gasteiger partial charge is 0.230 e. The minimum atomic E-state index is -2.40. The van der Waals surface area contributed by atoms with Crippen LogP contribution in [0.2, 0.25) is 0 Å². The maximum atomic E-state index is 13.1. The summed E-state index contributed by atoms with van der Waals surface area (Å²) in [5.74, 6) is 2.12. The Morgan fingerprint density at radius 2 is 2.03 bits per heavy atom. The van der Waals surface area contributed by atoms with E-state index in [4.69, 9.17) is 9.15 Å². The van der Waals surface area contributed by atoms with Crippen LogP contribution in [0.5, 0.6) is 5.75 Å². The fourth-order valence-electron chi connectivity index (χ4n) is 3.16. The Bertz CT molecular complexity index is 1180. The largest absolute Gasteiger partial charge is 0.495 e. The third-order valence-electron chi connectivity index (χ3n) is 4.92. The molecular weight excluding hydrogens is 389 g/mol. The fourth-order valence-corrected chi connectivity index (χ4v) is 5.03. The average molecular weight is 411 g/mol. The third kappa shape index (κ3) is 3.51. The normalized spacial score (nSPS) is 11.7. The van der Waals surface area contributed by atoms with Crippen LogP contribution in [0.15, 0.2) is 53.3 Å². The van der Waals surface area contributed by atoms with Crippen molar-refractivity contribution in [2.24, 2.45) is 0 Å². The van der Waals surface area contributed by atoms with Gasteiger partial charge in [-0.2, -0.15) is 4.52 Å². The number of fused-ring (bicyclic) bond motifs is 1. The van der Waals surface area contributed by atoms with Crippen LogP contribution in [0.1, 0.15) is 13.8 Å². The second-order valence-electron chi connectivity index (χ2n) is 6.48. The van der Waals surface area contributed by atoms with Gasteiger partial charge in [0.1, 0.15) is 12.9 Å². The van der Waals surface area contributed by atoms with Crippen molar-refractivity contribution >= 4 is 29.7 Å². The van der Waals surface area contributed by atoms with E-state index in [9.17, 15) is 4.57 Å².